The average Bonchev–Trinajstić information content (AvgIpc) is 2.97. The number of hydrogen-bond acceptors (Lipinski definition) is 4. The summed E-state index contributed by atoms with van der Waals surface area (Å²) in [6.07, 6.45) is 0. The van der Waals surface area contributed by atoms with Gasteiger partial charge in [0.15, 0.2) is 0 Å². The summed E-state index contributed by atoms with van der Waals surface area (Å²) in [6.45, 7) is 5.71. The molecule has 22 heavy (non-hydrogen) atoms. The van der Waals surface area contributed by atoms with E-state index < -0.39 is 0 Å². The minimum atomic E-state index is -0.292. The number of carbonyl (C=O) groups is 2. The molecule has 0 saturated carbocycles. The van der Waals surface area contributed by atoms with Gasteiger partial charge < -0.3 is 10.6 Å². The minimum Gasteiger partial charge on any atom is -0.350 e. The van der Waals surface area contributed by atoms with E-state index in [2.05, 4.69) is 10.6 Å². The van der Waals surface area contributed by atoms with Crippen molar-refractivity contribution in [1.82, 2.24) is 10.6 Å². The predicted octanol–water partition coefficient (Wildman–Crippen LogP) is 2.81. The SMILES string of the molecule is CC(C)(C)NC(=O)CNC(=O)c1ccc(C2SCCS2)cc1. The van der Waals surface area contributed by atoms with Crippen LogP contribution >= 0.6 is 23.5 Å². The van der Waals surface area contributed by atoms with Crippen LogP contribution in [0.2, 0.25) is 0 Å². The molecule has 120 valence electrons. The molecule has 0 bridgehead atoms. The van der Waals surface area contributed by atoms with E-state index >= 15 is 0 Å². The molecule has 0 aliphatic carbocycles. The highest BCUT2D eigenvalue weighted by Crippen LogP contribution is 2.45. The van der Waals surface area contributed by atoms with E-state index in [1.54, 1.807) is 0 Å². The van der Waals surface area contributed by atoms with E-state index in [9.17, 15) is 9.59 Å². The Bertz CT molecular complexity index is 532. The van der Waals surface area contributed by atoms with Crippen LogP contribution in [-0.4, -0.2) is 35.4 Å². The fourth-order valence-electron chi connectivity index (χ4n) is 2.07. The van der Waals surface area contributed by atoms with Gasteiger partial charge in [-0.1, -0.05) is 12.1 Å². The van der Waals surface area contributed by atoms with Gasteiger partial charge in [0.05, 0.1) is 11.1 Å². The third kappa shape index (κ3) is 5.25. The highest BCUT2D eigenvalue weighted by atomic mass is 32.2. The predicted molar refractivity (Wildman–Crippen MR) is 94.3 cm³/mol. The first-order chi connectivity index (χ1) is 10.3. The van der Waals surface area contributed by atoms with Crippen molar-refractivity contribution in [3.63, 3.8) is 0 Å². The molecule has 0 unspecified atom stereocenters. The van der Waals surface area contributed by atoms with E-state index in [1.807, 2.05) is 68.6 Å². The smallest absolute Gasteiger partial charge is 0.251 e. The maximum atomic E-state index is 12.0. The molecule has 0 aromatic heterocycles. The van der Waals surface area contributed by atoms with Crippen LogP contribution in [0, 0.1) is 0 Å². The zero-order valence-corrected chi connectivity index (χ0v) is 14.8. The molecule has 1 heterocycles. The summed E-state index contributed by atoms with van der Waals surface area (Å²) >= 11 is 3.88. The first-order valence-electron chi connectivity index (χ1n) is 7.27. The van der Waals surface area contributed by atoms with Gasteiger partial charge in [0.2, 0.25) is 5.91 Å². The van der Waals surface area contributed by atoms with Crippen LogP contribution in [0.25, 0.3) is 0 Å². The van der Waals surface area contributed by atoms with Crippen molar-refractivity contribution in [2.45, 2.75) is 30.9 Å². The minimum absolute atomic E-state index is 0.00775. The first kappa shape index (κ1) is 17.2. The number of hydrogen-bond donors (Lipinski definition) is 2. The average molecular weight is 338 g/mol. The Kier molecular flexibility index (Phi) is 5.81. The molecule has 0 atom stereocenters. The highest BCUT2D eigenvalue weighted by Gasteiger charge is 2.19. The fourth-order valence-corrected chi connectivity index (χ4v) is 4.93. The van der Waals surface area contributed by atoms with Crippen LogP contribution in [0.1, 0.15) is 41.3 Å². The van der Waals surface area contributed by atoms with Crippen LogP contribution < -0.4 is 10.6 Å². The summed E-state index contributed by atoms with van der Waals surface area (Å²) in [5, 5.41) is 5.46. The van der Waals surface area contributed by atoms with E-state index in [4.69, 9.17) is 0 Å². The van der Waals surface area contributed by atoms with Crippen molar-refractivity contribution >= 4 is 35.3 Å². The Balaban J connectivity index is 1.86. The third-order valence-electron chi connectivity index (χ3n) is 2.99. The number of rotatable bonds is 4. The number of amides is 2. The van der Waals surface area contributed by atoms with Crippen LogP contribution in [0.15, 0.2) is 24.3 Å². The van der Waals surface area contributed by atoms with Crippen molar-refractivity contribution in [3.05, 3.63) is 35.4 Å². The van der Waals surface area contributed by atoms with Gasteiger partial charge in [0, 0.05) is 22.6 Å². The van der Waals surface area contributed by atoms with Crippen LogP contribution in [-0.2, 0) is 4.79 Å². The van der Waals surface area contributed by atoms with Crippen LogP contribution in [0.5, 0.6) is 0 Å². The quantitative estimate of drug-likeness (QED) is 0.886. The standard InChI is InChI=1S/C16H22N2O2S2/c1-16(2,3)18-13(19)10-17-14(20)11-4-6-12(7-5-11)15-21-8-9-22-15/h4-7,15H,8-10H2,1-3H3,(H,17,20)(H,18,19). The Labute approximate surface area is 140 Å². The maximum Gasteiger partial charge on any atom is 0.251 e. The summed E-state index contributed by atoms with van der Waals surface area (Å²) in [7, 11) is 0. The summed E-state index contributed by atoms with van der Waals surface area (Å²) in [4.78, 5) is 23.7. The first-order valence-corrected chi connectivity index (χ1v) is 9.37. The lowest BCUT2D eigenvalue weighted by Crippen LogP contribution is -2.45. The number of carbonyl (C=O) groups excluding carboxylic acids is 2. The van der Waals surface area contributed by atoms with Crippen LogP contribution in [0.3, 0.4) is 0 Å². The second kappa shape index (κ2) is 7.42. The molecule has 2 amide bonds. The van der Waals surface area contributed by atoms with Crippen molar-refractivity contribution in [2.75, 3.05) is 18.1 Å². The van der Waals surface area contributed by atoms with Gasteiger partial charge in [-0.15, -0.1) is 23.5 Å². The van der Waals surface area contributed by atoms with Crippen LogP contribution in [0.4, 0.5) is 0 Å². The molecule has 1 saturated heterocycles. The molecule has 1 fully saturated rings. The molecule has 1 aliphatic rings. The van der Waals surface area contributed by atoms with E-state index in [0.29, 0.717) is 10.1 Å². The Morgan fingerprint density at radius 3 is 2.27 bits per heavy atom. The third-order valence-corrected chi connectivity index (χ3v) is 6.10. The zero-order chi connectivity index (χ0) is 16.2. The van der Waals surface area contributed by atoms with Gasteiger partial charge in [0.25, 0.3) is 5.91 Å². The van der Waals surface area contributed by atoms with Gasteiger partial charge in [-0.05, 0) is 38.5 Å². The summed E-state index contributed by atoms with van der Waals surface area (Å²) < 4.78 is 0.481. The molecular formula is C16H22N2O2S2. The normalized spacial score (nSPS) is 15.6. The zero-order valence-electron chi connectivity index (χ0n) is 13.1. The van der Waals surface area contributed by atoms with Gasteiger partial charge in [-0.2, -0.15) is 0 Å². The molecule has 1 aromatic carbocycles. The number of benzene rings is 1. The molecular weight excluding hydrogens is 316 g/mol. The highest BCUT2D eigenvalue weighted by molar-refractivity contribution is 8.19. The molecule has 1 aliphatic heterocycles. The van der Waals surface area contributed by atoms with Gasteiger partial charge in [-0.25, -0.2) is 0 Å². The lowest BCUT2D eigenvalue weighted by molar-refractivity contribution is -0.121. The fraction of sp³-hybridized carbons (Fsp3) is 0.500. The van der Waals surface area contributed by atoms with E-state index in [0.717, 1.165) is 0 Å². The Morgan fingerprint density at radius 2 is 1.73 bits per heavy atom. The second-order valence-corrected chi connectivity index (χ2v) is 8.90. The number of thioether (sulfide) groups is 2. The molecule has 0 spiro atoms. The summed E-state index contributed by atoms with van der Waals surface area (Å²) in [5.74, 6) is 1.96. The van der Waals surface area contributed by atoms with E-state index in [-0.39, 0.29) is 23.9 Å². The van der Waals surface area contributed by atoms with Gasteiger partial charge >= 0.3 is 0 Å². The monoisotopic (exact) mass is 338 g/mol. The van der Waals surface area contributed by atoms with E-state index in [1.165, 1.54) is 17.1 Å². The summed E-state index contributed by atoms with van der Waals surface area (Å²) in [6, 6.07) is 7.65. The topological polar surface area (TPSA) is 58.2 Å². The largest absolute Gasteiger partial charge is 0.350 e. The Hall–Kier alpha value is -1.14. The molecule has 0 radical (unpaired) electrons. The Morgan fingerprint density at radius 1 is 1.14 bits per heavy atom. The second-order valence-electron chi connectivity index (χ2n) is 6.18. The molecule has 4 nitrogen and oxygen atoms in total. The maximum absolute atomic E-state index is 12.0. The lowest BCUT2D eigenvalue weighted by atomic mass is 10.1. The molecule has 2 N–H and O–H groups in total. The lowest BCUT2D eigenvalue weighted by Gasteiger charge is -2.20. The molecule has 2 rings (SSSR count). The van der Waals surface area contributed by atoms with Crippen molar-refractivity contribution in [1.29, 1.82) is 0 Å². The van der Waals surface area contributed by atoms with Gasteiger partial charge in [-0.3, -0.25) is 9.59 Å². The van der Waals surface area contributed by atoms with Crippen molar-refractivity contribution < 1.29 is 9.59 Å². The molecule has 6 heteroatoms. The van der Waals surface area contributed by atoms with Gasteiger partial charge in [0.1, 0.15) is 0 Å². The number of nitrogens with one attached hydrogen (secondary N) is 2. The summed E-state index contributed by atoms with van der Waals surface area (Å²) in [5.41, 5.74) is 1.54. The van der Waals surface area contributed by atoms with Crippen molar-refractivity contribution in [3.8, 4) is 0 Å². The van der Waals surface area contributed by atoms with Crippen molar-refractivity contribution in [2.24, 2.45) is 0 Å². The molecule has 1 aromatic rings.